The molecule has 0 aliphatic carbocycles. The zero-order valence-electron chi connectivity index (χ0n) is 31.2. The van der Waals surface area contributed by atoms with E-state index in [0.29, 0.717) is 0 Å². The molecular formula is C54H39NO. The number of rotatable bonds is 8. The lowest BCUT2D eigenvalue weighted by atomic mass is 9.89. The summed E-state index contributed by atoms with van der Waals surface area (Å²) in [5, 5.41) is 4.66. The summed E-state index contributed by atoms with van der Waals surface area (Å²) in [6.07, 6.45) is 0.884. The van der Waals surface area contributed by atoms with Crippen molar-refractivity contribution in [3.8, 4) is 33.4 Å². The molecule has 0 amide bonds. The van der Waals surface area contributed by atoms with Crippen molar-refractivity contribution in [3.05, 3.63) is 223 Å². The van der Waals surface area contributed by atoms with E-state index in [2.05, 4.69) is 218 Å². The molecule has 56 heavy (non-hydrogen) atoms. The Kier molecular flexibility index (Phi) is 8.50. The van der Waals surface area contributed by atoms with Crippen molar-refractivity contribution in [2.45, 2.75) is 13.3 Å². The zero-order valence-corrected chi connectivity index (χ0v) is 31.2. The first kappa shape index (κ1) is 33.4. The minimum atomic E-state index is 0.882. The third-order valence-corrected chi connectivity index (χ3v) is 11.0. The van der Waals surface area contributed by atoms with Gasteiger partial charge in [-0.05, 0) is 129 Å². The lowest BCUT2D eigenvalue weighted by Gasteiger charge is -2.27. The van der Waals surface area contributed by atoms with E-state index >= 15 is 0 Å². The van der Waals surface area contributed by atoms with E-state index in [4.69, 9.17) is 4.42 Å². The van der Waals surface area contributed by atoms with Gasteiger partial charge in [0, 0.05) is 27.5 Å². The SMILES string of the molecule is Cc1ccccc1-c1cc(-c2ccc3oc4cc(-c5cccc(N(c6ccccc6)c6cccc7ccccc67)c5)ccc4c3c2)ccc1Cc1ccccc1. The third-order valence-electron chi connectivity index (χ3n) is 11.0. The number of fused-ring (bicyclic) bond motifs is 4. The van der Waals surface area contributed by atoms with Crippen LogP contribution in [0.1, 0.15) is 16.7 Å². The highest BCUT2D eigenvalue weighted by Gasteiger charge is 2.17. The lowest BCUT2D eigenvalue weighted by molar-refractivity contribution is 0.669. The number of benzene rings is 9. The van der Waals surface area contributed by atoms with Crippen LogP contribution in [-0.4, -0.2) is 0 Å². The summed E-state index contributed by atoms with van der Waals surface area (Å²) < 4.78 is 6.55. The van der Waals surface area contributed by atoms with Crippen LogP contribution < -0.4 is 4.90 Å². The quantitative estimate of drug-likeness (QED) is 0.156. The summed E-state index contributed by atoms with van der Waals surface area (Å²) in [7, 11) is 0. The smallest absolute Gasteiger partial charge is 0.136 e. The Hall–Kier alpha value is -7.16. The molecule has 0 aliphatic rings. The summed E-state index contributed by atoms with van der Waals surface area (Å²) in [6.45, 7) is 2.20. The molecule has 0 N–H and O–H groups in total. The molecule has 10 aromatic rings. The molecule has 0 saturated carbocycles. The molecule has 0 fully saturated rings. The van der Waals surface area contributed by atoms with Crippen LogP contribution in [0.3, 0.4) is 0 Å². The van der Waals surface area contributed by atoms with Crippen LogP contribution in [-0.2, 0) is 6.42 Å². The Bertz CT molecular complexity index is 3010. The number of furan rings is 1. The summed E-state index contributed by atoms with van der Waals surface area (Å²) in [5.74, 6) is 0. The van der Waals surface area contributed by atoms with Gasteiger partial charge in [0.25, 0.3) is 0 Å². The zero-order chi connectivity index (χ0) is 37.4. The summed E-state index contributed by atoms with van der Waals surface area (Å²) in [6, 6.07) is 74.2. The predicted octanol–water partition coefficient (Wildman–Crippen LogP) is 15.1. The molecule has 0 atom stereocenters. The Balaban J connectivity index is 1.03. The van der Waals surface area contributed by atoms with Gasteiger partial charge in [-0.2, -0.15) is 0 Å². The maximum Gasteiger partial charge on any atom is 0.136 e. The van der Waals surface area contributed by atoms with Crippen LogP contribution in [0.15, 0.2) is 211 Å². The third kappa shape index (κ3) is 6.22. The Morgan fingerprint density at radius 3 is 1.95 bits per heavy atom. The Morgan fingerprint density at radius 1 is 0.411 bits per heavy atom. The molecule has 2 nitrogen and oxygen atoms in total. The van der Waals surface area contributed by atoms with Gasteiger partial charge in [0.2, 0.25) is 0 Å². The number of anilines is 3. The number of hydrogen-bond acceptors (Lipinski definition) is 2. The first-order valence-electron chi connectivity index (χ1n) is 19.3. The van der Waals surface area contributed by atoms with Gasteiger partial charge in [0.15, 0.2) is 0 Å². The van der Waals surface area contributed by atoms with Crippen LogP contribution in [0, 0.1) is 6.92 Å². The molecule has 0 spiro atoms. The fourth-order valence-corrected chi connectivity index (χ4v) is 8.22. The number of nitrogens with zero attached hydrogens (tertiary/aromatic N) is 1. The van der Waals surface area contributed by atoms with Crippen LogP contribution >= 0.6 is 0 Å². The molecule has 0 saturated heterocycles. The topological polar surface area (TPSA) is 16.4 Å². The molecule has 1 heterocycles. The predicted molar refractivity (Wildman–Crippen MR) is 236 cm³/mol. The van der Waals surface area contributed by atoms with E-state index in [9.17, 15) is 0 Å². The van der Waals surface area contributed by atoms with Crippen molar-refractivity contribution in [1.82, 2.24) is 0 Å². The maximum atomic E-state index is 6.55. The van der Waals surface area contributed by atoms with Crippen molar-refractivity contribution in [1.29, 1.82) is 0 Å². The van der Waals surface area contributed by atoms with Gasteiger partial charge >= 0.3 is 0 Å². The molecule has 0 bridgehead atoms. The summed E-state index contributed by atoms with van der Waals surface area (Å²) in [5.41, 5.74) is 16.2. The van der Waals surface area contributed by atoms with E-state index in [1.165, 1.54) is 49.7 Å². The first-order valence-corrected chi connectivity index (χ1v) is 19.3. The van der Waals surface area contributed by atoms with E-state index in [1.54, 1.807) is 0 Å². The average molecular weight is 718 g/mol. The van der Waals surface area contributed by atoms with Gasteiger partial charge in [0.1, 0.15) is 11.2 Å². The second-order valence-corrected chi connectivity index (χ2v) is 14.6. The normalized spacial score (nSPS) is 11.4. The van der Waals surface area contributed by atoms with Crippen LogP contribution in [0.2, 0.25) is 0 Å². The van der Waals surface area contributed by atoms with E-state index < -0.39 is 0 Å². The molecule has 0 radical (unpaired) electrons. The highest BCUT2D eigenvalue weighted by molar-refractivity contribution is 6.07. The average Bonchev–Trinajstić information content (AvgIpc) is 3.62. The fourth-order valence-electron chi connectivity index (χ4n) is 8.22. The maximum absolute atomic E-state index is 6.55. The van der Waals surface area contributed by atoms with Crippen LogP contribution in [0.4, 0.5) is 17.1 Å². The van der Waals surface area contributed by atoms with E-state index in [-0.39, 0.29) is 0 Å². The number of aryl methyl sites for hydroxylation is 1. The highest BCUT2D eigenvalue weighted by atomic mass is 16.3. The van der Waals surface area contributed by atoms with Gasteiger partial charge in [-0.3, -0.25) is 0 Å². The standard InChI is InChI=1S/C54H39NO/c1-37-14-8-10-23-47(37)50-34-41(26-27-44(50)32-38-15-4-2-5-16-38)42-29-31-53-51(35-42)49-30-28-43(36-54(49)56-53)40-19-12-22-46(33-40)55(45-20-6-3-7-21-45)52-25-13-18-39-17-9-11-24-48(39)52/h2-31,33-36H,32H2,1H3. The molecule has 9 aromatic carbocycles. The minimum absolute atomic E-state index is 0.882. The monoisotopic (exact) mass is 717 g/mol. The van der Waals surface area contributed by atoms with Crippen molar-refractivity contribution >= 4 is 49.8 Å². The van der Waals surface area contributed by atoms with Crippen molar-refractivity contribution in [2.24, 2.45) is 0 Å². The van der Waals surface area contributed by atoms with Gasteiger partial charge in [-0.1, -0.05) is 146 Å². The number of hydrogen-bond donors (Lipinski definition) is 0. The van der Waals surface area contributed by atoms with Gasteiger partial charge in [0.05, 0.1) is 5.69 Å². The van der Waals surface area contributed by atoms with Crippen LogP contribution in [0.25, 0.3) is 66.1 Å². The van der Waals surface area contributed by atoms with Crippen molar-refractivity contribution in [3.63, 3.8) is 0 Å². The molecule has 10 rings (SSSR count). The second-order valence-electron chi connectivity index (χ2n) is 14.6. The van der Waals surface area contributed by atoms with Gasteiger partial charge in [-0.25, -0.2) is 0 Å². The van der Waals surface area contributed by atoms with Crippen molar-refractivity contribution in [2.75, 3.05) is 4.90 Å². The molecule has 0 aliphatic heterocycles. The van der Waals surface area contributed by atoms with Crippen molar-refractivity contribution < 1.29 is 4.42 Å². The Labute approximate surface area is 327 Å². The van der Waals surface area contributed by atoms with Gasteiger partial charge < -0.3 is 9.32 Å². The van der Waals surface area contributed by atoms with Gasteiger partial charge in [-0.15, -0.1) is 0 Å². The lowest BCUT2D eigenvalue weighted by Crippen LogP contribution is -2.10. The summed E-state index contributed by atoms with van der Waals surface area (Å²) >= 11 is 0. The molecule has 1 aromatic heterocycles. The summed E-state index contributed by atoms with van der Waals surface area (Å²) in [4.78, 5) is 2.35. The molecule has 2 heteroatoms. The highest BCUT2D eigenvalue weighted by Crippen LogP contribution is 2.41. The van der Waals surface area contributed by atoms with E-state index in [1.807, 2.05) is 0 Å². The largest absolute Gasteiger partial charge is 0.456 e. The number of para-hydroxylation sites is 1. The second kappa shape index (κ2) is 14.2. The molecule has 266 valence electrons. The molecular weight excluding hydrogens is 679 g/mol. The minimum Gasteiger partial charge on any atom is -0.456 e. The Morgan fingerprint density at radius 2 is 1.07 bits per heavy atom. The van der Waals surface area contributed by atoms with Crippen LogP contribution in [0.5, 0.6) is 0 Å². The first-order chi connectivity index (χ1) is 27.7. The molecule has 0 unspecified atom stereocenters. The van der Waals surface area contributed by atoms with E-state index in [0.717, 1.165) is 56.5 Å². The fraction of sp³-hybridized carbons (Fsp3) is 0.0370.